The Bertz CT molecular complexity index is 560. The van der Waals surface area contributed by atoms with Gasteiger partial charge in [-0.2, -0.15) is 0 Å². The lowest BCUT2D eigenvalue weighted by Gasteiger charge is -2.41. The van der Waals surface area contributed by atoms with E-state index >= 15 is 0 Å². The van der Waals surface area contributed by atoms with Crippen molar-refractivity contribution in [3.05, 3.63) is 11.3 Å². The molecule has 23 heavy (non-hydrogen) atoms. The van der Waals surface area contributed by atoms with Crippen molar-refractivity contribution in [2.24, 2.45) is 15.8 Å². The fraction of sp³-hybridized carbons (Fsp3) is 0.789. The van der Waals surface area contributed by atoms with Gasteiger partial charge in [0.15, 0.2) is 0 Å². The van der Waals surface area contributed by atoms with Crippen LogP contribution in [-0.4, -0.2) is 47.2 Å². The number of likely N-dealkylation sites (N-methyl/N-ethyl adjacent to an activating group) is 1. The maximum atomic E-state index is 11.8. The quantitative estimate of drug-likeness (QED) is 0.739. The lowest BCUT2D eigenvalue weighted by molar-refractivity contribution is -0.129. The van der Waals surface area contributed by atoms with Crippen molar-refractivity contribution in [3.63, 3.8) is 0 Å². The van der Waals surface area contributed by atoms with Gasteiger partial charge in [-0.25, -0.2) is 0 Å². The van der Waals surface area contributed by atoms with E-state index < -0.39 is 0 Å². The van der Waals surface area contributed by atoms with E-state index in [1.54, 1.807) is 6.92 Å². The molecule has 130 valence electrons. The minimum absolute atomic E-state index is 0.00656. The topological polar surface area (TPSA) is 35.9 Å². The summed E-state index contributed by atoms with van der Waals surface area (Å²) in [5, 5.41) is 0. The standard InChI is InChI=1S/C19H33N3O/c1-12-16(18(3,4)5)15-10-14(21(9)13(2)23)11-22(15)17(20-12)19(6,7)8/h12,14H,10-11H2,1-9H3/t12-,14?/m0/s1. The number of hydrogen-bond acceptors (Lipinski definition) is 3. The van der Waals surface area contributed by atoms with Crippen molar-refractivity contribution in [1.82, 2.24) is 9.80 Å². The largest absolute Gasteiger partial charge is 0.341 e. The molecule has 4 nitrogen and oxygen atoms in total. The summed E-state index contributed by atoms with van der Waals surface area (Å²) in [6.07, 6.45) is 0.933. The van der Waals surface area contributed by atoms with E-state index in [2.05, 4.69) is 53.4 Å². The van der Waals surface area contributed by atoms with Crippen LogP contribution in [0.2, 0.25) is 0 Å². The average molecular weight is 319 g/mol. The summed E-state index contributed by atoms with van der Waals surface area (Å²) in [6.45, 7) is 18.2. The van der Waals surface area contributed by atoms with E-state index in [4.69, 9.17) is 4.99 Å². The van der Waals surface area contributed by atoms with Gasteiger partial charge in [0.25, 0.3) is 0 Å². The zero-order valence-electron chi connectivity index (χ0n) is 16.3. The molecule has 2 aliphatic heterocycles. The number of hydrogen-bond donors (Lipinski definition) is 0. The molecule has 2 aliphatic rings. The minimum Gasteiger partial charge on any atom is -0.341 e. The van der Waals surface area contributed by atoms with Crippen LogP contribution in [0.1, 0.15) is 61.8 Å². The Morgan fingerprint density at radius 2 is 1.74 bits per heavy atom. The molecule has 1 saturated heterocycles. The van der Waals surface area contributed by atoms with Crippen LogP contribution < -0.4 is 0 Å². The van der Waals surface area contributed by atoms with Gasteiger partial charge < -0.3 is 9.80 Å². The molecule has 0 aromatic rings. The lowest BCUT2D eigenvalue weighted by atomic mass is 9.79. The molecule has 1 fully saturated rings. The number of fused-ring (bicyclic) bond motifs is 1. The Balaban J connectivity index is 2.51. The second-order valence-electron chi connectivity index (χ2n) is 9.09. The SMILES string of the molecule is CC(=O)N(C)C1CC2=C(C(C)(C)C)[C@H](C)N=C(C(C)(C)C)N2C1. The third-order valence-electron chi connectivity index (χ3n) is 4.97. The third kappa shape index (κ3) is 3.31. The fourth-order valence-electron chi connectivity index (χ4n) is 3.92. The first kappa shape index (κ1) is 18.0. The molecule has 0 N–H and O–H groups in total. The van der Waals surface area contributed by atoms with Gasteiger partial charge in [0.05, 0.1) is 12.1 Å². The Morgan fingerprint density at radius 3 is 2.17 bits per heavy atom. The van der Waals surface area contributed by atoms with Crippen molar-refractivity contribution in [1.29, 1.82) is 0 Å². The molecule has 2 rings (SSSR count). The van der Waals surface area contributed by atoms with Crippen LogP contribution in [0.15, 0.2) is 16.3 Å². The van der Waals surface area contributed by atoms with Gasteiger partial charge in [0, 0.05) is 38.0 Å². The maximum Gasteiger partial charge on any atom is 0.219 e. The molecule has 0 aromatic carbocycles. The van der Waals surface area contributed by atoms with E-state index in [1.165, 1.54) is 11.3 Å². The lowest BCUT2D eigenvalue weighted by Crippen LogP contribution is -2.45. The van der Waals surface area contributed by atoms with Crippen LogP contribution >= 0.6 is 0 Å². The first-order valence-corrected chi connectivity index (χ1v) is 8.66. The molecule has 2 heterocycles. The van der Waals surface area contributed by atoms with Crippen LogP contribution in [0.4, 0.5) is 0 Å². The minimum atomic E-state index is 0.00656. The van der Waals surface area contributed by atoms with E-state index in [0.717, 1.165) is 18.8 Å². The van der Waals surface area contributed by atoms with Crippen LogP contribution in [0, 0.1) is 10.8 Å². The van der Waals surface area contributed by atoms with Gasteiger partial charge in [0.2, 0.25) is 5.91 Å². The average Bonchev–Trinajstić information content (AvgIpc) is 2.77. The van der Waals surface area contributed by atoms with E-state index in [1.807, 2.05) is 11.9 Å². The highest BCUT2D eigenvalue weighted by Gasteiger charge is 2.43. The summed E-state index contributed by atoms with van der Waals surface area (Å²) in [6, 6.07) is 0.439. The monoisotopic (exact) mass is 319 g/mol. The van der Waals surface area contributed by atoms with E-state index in [0.29, 0.717) is 0 Å². The van der Waals surface area contributed by atoms with E-state index in [9.17, 15) is 4.79 Å². The Kier molecular flexibility index (Phi) is 4.42. The Hall–Kier alpha value is -1.32. The highest BCUT2D eigenvalue weighted by atomic mass is 16.2. The van der Waals surface area contributed by atoms with Gasteiger partial charge >= 0.3 is 0 Å². The fourth-order valence-corrected chi connectivity index (χ4v) is 3.92. The molecule has 0 bridgehead atoms. The second kappa shape index (κ2) is 5.64. The van der Waals surface area contributed by atoms with Crippen molar-refractivity contribution >= 4 is 11.7 Å². The summed E-state index contributed by atoms with van der Waals surface area (Å²) in [7, 11) is 1.92. The van der Waals surface area contributed by atoms with Gasteiger partial charge in [0.1, 0.15) is 5.84 Å². The predicted octanol–water partition coefficient (Wildman–Crippen LogP) is 3.69. The number of rotatable bonds is 1. The molecule has 4 heteroatoms. The smallest absolute Gasteiger partial charge is 0.219 e. The molecule has 1 amide bonds. The summed E-state index contributed by atoms with van der Waals surface area (Å²) >= 11 is 0. The van der Waals surface area contributed by atoms with Gasteiger partial charge in [-0.15, -0.1) is 0 Å². The second-order valence-corrected chi connectivity index (χ2v) is 9.09. The molecule has 1 unspecified atom stereocenters. The summed E-state index contributed by atoms with van der Waals surface area (Å²) in [5.74, 6) is 1.29. The van der Waals surface area contributed by atoms with Crippen molar-refractivity contribution in [2.45, 2.75) is 73.9 Å². The number of aliphatic imine (C=N–C) groups is 1. The first-order valence-electron chi connectivity index (χ1n) is 8.66. The maximum absolute atomic E-state index is 11.8. The van der Waals surface area contributed by atoms with E-state index in [-0.39, 0.29) is 28.8 Å². The van der Waals surface area contributed by atoms with Gasteiger partial charge in [-0.05, 0) is 17.9 Å². The zero-order valence-corrected chi connectivity index (χ0v) is 16.3. The summed E-state index contributed by atoms with van der Waals surface area (Å²) in [5.41, 5.74) is 2.91. The van der Waals surface area contributed by atoms with Crippen LogP contribution in [-0.2, 0) is 4.79 Å². The number of amidine groups is 1. The molecular weight excluding hydrogens is 286 g/mol. The molecule has 0 spiro atoms. The van der Waals surface area contributed by atoms with Crippen LogP contribution in [0.3, 0.4) is 0 Å². The molecule has 0 radical (unpaired) electrons. The van der Waals surface area contributed by atoms with Crippen molar-refractivity contribution in [2.75, 3.05) is 13.6 Å². The normalized spacial score (nSPS) is 25.4. The molecule has 0 saturated carbocycles. The summed E-state index contributed by atoms with van der Waals surface area (Å²) in [4.78, 5) is 21.2. The van der Waals surface area contributed by atoms with Crippen LogP contribution in [0.25, 0.3) is 0 Å². The van der Waals surface area contributed by atoms with Gasteiger partial charge in [-0.3, -0.25) is 9.79 Å². The predicted molar refractivity (Wildman–Crippen MR) is 96.4 cm³/mol. The zero-order chi connectivity index (χ0) is 17.7. The number of carbonyl (C=O) groups is 1. The molecular formula is C19H33N3O. The van der Waals surface area contributed by atoms with Crippen molar-refractivity contribution in [3.8, 4) is 0 Å². The third-order valence-corrected chi connectivity index (χ3v) is 4.97. The highest BCUT2D eigenvalue weighted by molar-refractivity contribution is 5.90. The molecule has 0 aliphatic carbocycles. The summed E-state index contributed by atoms with van der Waals surface area (Å²) < 4.78 is 0. The van der Waals surface area contributed by atoms with Crippen LogP contribution in [0.5, 0.6) is 0 Å². The Morgan fingerprint density at radius 1 is 1.17 bits per heavy atom. The van der Waals surface area contributed by atoms with Crippen molar-refractivity contribution < 1.29 is 4.79 Å². The number of nitrogens with zero attached hydrogens (tertiary/aromatic N) is 3. The Labute approximate surface area is 141 Å². The van der Waals surface area contributed by atoms with Gasteiger partial charge in [-0.1, -0.05) is 41.5 Å². The highest BCUT2D eigenvalue weighted by Crippen LogP contribution is 2.43. The molecule has 2 atom stereocenters. The molecule has 0 aromatic heterocycles. The first-order chi connectivity index (χ1) is 10.3. The number of carbonyl (C=O) groups excluding carboxylic acids is 1. The number of amides is 1.